The number of nitrogens with zero attached hydrogens (tertiary/aromatic N) is 3. The van der Waals surface area contributed by atoms with Crippen LogP contribution in [0.4, 0.5) is 0 Å². The van der Waals surface area contributed by atoms with Gasteiger partial charge in [-0.1, -0.05) is 18.6 Å². The van der Waals surface area contributed by atoms with Gasteiger partial charge in [0.1, 0.15) is 0 Å². The van der Waals surface area contributed by atoms with Gasteiger partial charge in [-0.05, 0) is 32.0 Å². The van der Waals surface area contributed by atoms with E-state index < -0.39 is 5.97 Å². The lowest BCUT2D eigenvalue weighted by Crippen LogP contribution is -2.07. The van der Waals surface area contributed by atoms with Crippen LogP contribution in [0.1, 0.15) is 40.3 Å². The number of carbonyl (C=O) groups is 1. The van der Waals surface area contributed by atoms with E-state index in [1.165, 1.54) is 0 Å². The molecule has 0 saturated heterocycles. The van der Waals surface area contributed by atoms with Gasteiger partial charge in [0.25, 0.3) is 5.89 Å². The van der Waals surface area contributed by atoms with E-state index in [2.05, 4.69) is 15.2 Å². The van der Waals surface area contributed by atoms with Crippen LogP contribution >= 0.6 is 0 Å². The normalized spacial score (nSPS) is 10.9. The molecule has 0 amide bonds. The Morgan fingerprint density at radius 2 is 1.96 bits per heavy atom. The van der Waals surface area contributed by atoms with Crippen molar-refractivity contribution < 1.29 is 13.9 Å². The first-order valence-electron chi connectivity index (χ1n) is 7.43. The summed E-state index contributed by atoms with van der Waals surface area (Å²) in [4.78, 5) is 16.9. The van der Waals surface area contributed by atoms with E-state index in [0.29, 0.717) is 23.8 Å². The second kappa shape index (κ2) is 6.16. The van der Waals surface area contributed by atoms with Crippen molar-refractivity contribution >= 4 is 16.9 Å². The molecule has 0 bridgehead atoms. The molecule has 6 heteroatoms. The van der Waals surface area contributed by atoms with Crippen molar-refractivity contribution in [3.05, 3.63) is 52.9 Å². The fourth-order valence-electron chi connectivity index (χ4n) is 2.34. The maximum Gasteiger partial charge on any atom is 0.339 e. The molecule has 0 radical (unpaired) electrons. The zero-order chi connectivity index (χ0) is 16.4. The van der Waals surface area contributed by atoms with Gasteiger partial charge in [-0.15, -0.1) is 10.2 Å². The molecule has 0 spiro atoms. The molecular formula is C17H17N3O3. The van der Waals surface area contributed by atoms with Crippen molar-refractivity contribution in [3.8, 4) is 0 Å². The Morgan fingerprint density at radius 3 is 2.70 bits per heavy atom. The summed E-state index contributed by atoms with van der Waals surface area (Å²) in [6, 6.07) is 7.53. The lowest BCUT2D eigenvalue weighted by Gasteiger charge is -2.08. The number of carbonyl (C=O) groups excluding carboxylic acids is 1. The summed E-state index contributed by atoms with van der Waals surface area (Å²) in [5.41, 5.74) is 3.08. The first kappa shape index (κ1) is 15.1. The Kier molecular flexibility index (Phi) is 4.06. The topological polar surface area (TPSA) is 78.1 Å². The molecule has 3 aromatic rings. The predicted octanol–water partition coefficient (Wildman–Crippen LogP) is 3.15. The van der Waals surface area contributed by atoms with Crippen LogP contribution < -0.4 is 0 Å². The number of hydrogen-bond acceptors (Lipinski definition) is 6. The molecular weight excluding hydrogens is 294 g/mol. The number of esters is 1. The minimum atomic E-state index is -0.428. The van der Waals surface area contributed by atoms with Crippen LogP contribution in [0.25, 0.3) is 10.9 Å². The minimum absolute atomic E-state index is 0.0412. The van der Waals surface area contributed by atoms with Gasteiger partial charge in [-0.2, -0.15) is 0 Å². The van der Waals surface area contributed by atoms with Crippen molar-refractivity contribution in [1.29, 1.82) is 0 Å². The molecule has 0 aliphatic rings. The average Bonchev–Trinajstić information content (AvgIpc) is 3.00. The van der Waals surface area contributed by atoms with E-state index in [1.54, 1.807) is 6.07 Å². The maximum atomic E-state index is 12.4. The third kappa shape index (κ3) is 3.21. The summed E-state index contributed by atoms with van der Waals surface area (Å²) in [6.45, 7) is 5.69. The second-order valence-corrected chi connectivity index (χ2v) is 5.35. The summed E-state index contributed by atoms with van der Waals surface area (Å²) in [5.74, 6) is 0.390. The Hall–Kier alpha value is -2.76. The maximum absolute atomic E-state index is 12.4. The van der Waals surface area contributed by atoms with Crippen molar-refractivity contribution in [2.75, 3.05) is 0 Å². The lowest BCUT2D eigenvalue weighted by atomic mass is 10.1. The standard InChI is InChI=1S/C17H17N3O3/c1-4-15-19-20-16(23-15)9-22-17(21)13-8-11(3)18-14-6-5-10(2)7-12(13)14/h5-8H,4,9H2,1-3H3. The number of ether oxygens (including phenoxy) is 1. The number of benzene rings is 1. The number of aryl methyl sites for hydroxylation is 3. The first-order chi connectivity index (χ1) is 11.1. The van der Waals surface area contributed by atoms with E-state index in [-0.39, 0.29) is 6.61 Å². The highest BCUT2D eigenvalue weighted by atomic mass is 16.5. The van der Waals surface area contributed by atoms with Gasteiger partial charge in [0.2, 0.25) is 5.89 Å². The number of hydrogen-bond donors (Lipinski definition) is 0. The zero-order valence-electron chi connectivity index (χ0n) is 13.3. The smallest absolute Gasteiger partial charge is 0.339 e. The molecule has 2 aromatic heterocycles. The van der Waals surface area contributed by atoms with E-state index in [9.17, 15) is 4.79 Å². The summed E-state index contributed by atoms with van der Waals surface area (Å²) < 4.78 is 10.6. The molecule has 0 saturated carbocycles. The van der Waals surface area contributed by atoms with Gasteiger partial charge in [-0.3, -0.25) is 4.98 Å². The van der Waals surface area contributed by atoms with Gasteiger partial charge in [0.15, 0.2) is 6.61 Å². The molecule has 6 nitrogen and oxygen atoms in total. The largest absolute Gasteiger partial charge is 0.452 e. The van der Waals surface area contributed by atoms with Crippen LogP contribution in [-0.4, -0.2) is 21.2 Å². The Balaban J connectivity index is 1.86. The molecule has 2 heterocycles. The van der Waals surface area contributed by atoms with Crippen LogP contribution in [0, 0.1) is 13.8 Å². The monoisotopic (exact) mass is 311 g/mol. The predicted molar refractivity (Wildman–Crippen MR) is 84.0 cm³/mol. The first-order valence-corrected chi connectivity index (χ1v) is 7.43. The number of aromatic nitrogens is 3. The summed E-state index contributed by atoms with van der Waals surface area (Å²) in [5, 5.41) is 8.46. The highest BCUT2D eigenvalue weighted by Crippen LogP contribution is 2.21. The average molecular weight is 311 g/mol. The van der Waals surface area contributed by atoms with Gasteiger partial charge in [0, 0.05) is 17.5 Å². The van der Waals surface area contributed by atoms with Crippen LogP contribution in [0.3, 0.4) is 0 Å². The SMILES string of the molecule is CCc1nnc(COC(=O)c2cc(C)nc3ccc(C)cc23)o1. The molecule has 0 fully saturated rings. The molecule has 0 atom stereocenters. The second-order valence-electron chi connectivity index (χ2n) is 5.35. The molecule has 0 unspecified atom stereocenters. The lowest BCUT2D eigenvalue weighted by molar-refractivity contribution is 0.0438. The van der Waals surface area contributed by atoms with Crippen LogP contribution in [0.2, 0.25) is 0 Å². The summed E-state index contributed by atoms with van der Waals surface area (Å²) in [7, 11) is 0. The molecule has 23 heavy (non-hydrogen) atoms. The highest BCUT2D eigenvalue weighted by molar-refractivity contribution is 6.03. The molecule has 118 valence electrons. The van der Waals surface area contributed by atoms with Gasteiger partial charge >= 0.3 is 5.97 Å². The Bertz CT molecular complexity index is 871. The van der Waals surface area contributed by atoms with Gasteiger partial charge < -0.3 is 9.15 Å². The Morgan fingerprint density at radius 1 is 1.17 bits per heavy atom. The van der Waals surface area contributed by atoms with Crippen molar-refractivity contribution in [1.82, 2.24) is 15.2 Å². The third-order valence-electron chi connectivity index (χ3n) is 3.45. The van der Waals surface area contributed by atoms with Crippen LogP contribution in [-0.2, 0) is 17.8 Å². The molecule has 0 aliphatic carbocycles. The molecule has 0 aliphatic heterocycles. The molecule has 1 aromatic carbocycles. The van der Waals surface area contributed by atoms with E-state index >= 15 is 0 Å². The summed E-state index contributed by atoms with van der Waals surface area (Å²) in [6.07, 6.45) is 0.647. The number of rotatable bonds is 4. The van der Waals surface area contributed by atoms with E-state index in [1.807, 2.05) is 39.0 Å². The third-order valence-corrected chi connectivity index (χ3v) is 3.45. The van der Waals surface area contributed by atoms with Gasteiger partial charge in [-0.25, -0.2) is 4.79 Å². The van der Waals surface area contributed by atoms with E-state index in [4.69, 9.17) is 9.15 Å². The van der Waals surface area contributed by atoms with Crippen LogP contribution in [0.15, 0.2) is 28.7 Å². The van der Waals surface area contributed by atoms with Crippen LogP contribution in [0.5, 0.6) is 0 Å². The fraction of sp³-hybridized carbons (Fsp3) is 0.294. The van der Waals surface area contributed by atoms with Crippen molar-refractivity contribution in [2.24, 2.45) is 0 Å². The van der Waals surface area contributed by atoms with Crippen molar-refractivity contribution in [2.45, 2.75) is 33.8 Å². The molecule has 0 N–H and O–H groups in total. The fourth-order valence-corrected chi connectivity index (χ4v) is 2.34. The zero-order valence-corrected chi connectivity index (χ0v) is 13.3. The van der Waals surface area contributed by atoms with E-state index in [0.717, 1.165) is 22.2 Å². The summed E-state index contributed by atoms with van der Waals surface area (Å²) >= 11 is 0. The number of pyridine rings is 1. The van der Waals surface area contributed by atoms with Crippen molar-refractivity contribution in [3.63, 3.8) is 0 Å². The minimum Gasteiger partial charge on any atom is -0.452 e. The molecule has 3 rings (SSSR count). The highest BCUT2D eigenvalue weighted by Gasteiger charge is 2.15. The Labute approximate surface area is 133 Å². The van der Waals surface area contributed by atoms with Gasteiger partial charge in [0.05, 0.1) is 11.1 Å². The quantitative estimate of drug-likeness (QED) is 0.689. The number of fused-ring (bicyclic) bond motifs is 1.